The number of ether oxygens (including phenoxy) is 1. The van der Waals surface area contributed by atoms with Gasteiger partial charge >= 0.3 is 12.0 Å². The summed E-state index contributed by atoms with van der Waals surface area (Å²) in [5.41, 5.74) is 0. The van der Waals surface area contributed by atoms with Crippen LogP contribution in [0.15, 0.2) is 0 Å². The summed E-state index contributed by atoms with van der Waals surface area (Å²) < 4.78 is 5.26. The van der Waals surface area contributed by atoms with Crippen molar-refractivity contribution in [2.75, 3.05) is 32.8 Å². The summed E-state index contributed by atoms with van der Waals surface area (Å²) in [4.78, 5) is 38.1. The second-order valence-electron chi connectivity index (χ2n) is 5.08. The molecule has 0 aromatic heterocycles. The highest BCUT2D eigenvalue weighted by Gasteiger charge is 2.36. The molecule has 1 saturated heterocycles. The highest BCUT2D eigenvalue weighted by Crippen LogP contribution is 2.13. The van der Waals surface area contributed by atoms with Crippen LogP contribution in [0.1, 0.15) is 20.8 Å². The van der Waals surface area contributed by atoms with Crippen molar-refractivity contribution < 1.29 is 24.2 Å². The van der Waals surface area contributed by atoms with E-state index in [0.717, 1.165) is 0 Å². The Balaban J connectivity index is 2.88. The molecule has 1 heterocycles. The molecule has 3 amide bonds. The fraction of sp³-hybridized carbons (Fsp3) is 0.769. The fourth-order valence-corrected chi connectivity index (χ4v) is 2.12. The average Bonchev–Trinajstić information content (AvgIpc) is 2.44. The minimum absolute atomic E-state index is 0.122. The first-order valence-corrected chi connectivity index (χ1v) is 7.03. The largest absolute Gasteiger partial charge is 0.480 e. The van der Waals surface area contributed by atoms with Crippen LogP contribution < -0.4 is 5.32 Å². The van der Waals surface area contributed by atoms with Gasteiger partial charge in [-0.1, -0.05) is 0 Å². The lowest BCUT2D eigenvalue weighted by Crippen LogP contribution is -2.60. The van der Waals surface area contributed by atoms with Crippen molar-refractivity contribution in [2.45, 2.75) is 32.9 Å². The maximum absolute atomic E-state index is 12.5. The minimum Gasteiger partial charge on any atom is -0.480 e. The Bertz CT molecular complexity index is 399. The summed E-state index contributed by atoms with van der Waals surface area (Å²) in [6.07, 6.45) is 0. The number of carbonyl (C=O) groups excluding carboxylic acids is 2. The first-order chi connectivity index (χ1) is 9.88. The Morgan fingerprint density at radius 2 is 2.10 bits per heavy atom. The Morgan fingerprint density at radius 1 is 1.43 bits per heavy atom. The molecule has 1 aliphatic heterocycles. The topological polar surface area (TPSA) is 99.2 Å². The number of hydrogen-bond acceptors (Lipinski definition) is 4. The van der Waals surface area contributed by atoms with Crippen LogP contribution >= 0.6 is 0 Å². The lowest BCUT2D eigenvalue weighted by molar-refractivity contribution is -0.138. The van der Waals surface area contributed by atoms with E-state index in [1.165, 1.54) is 9.80 Å². The normalized spacial score (nSPS) is 18.5. The Hall–Kier alpha value is -1.83. The van der Waals surface area contributed by atoms with Crippen molar-refractivity contribution in [3.63, 3.8) is 0 Å². The smallest absolute Gasteiger partial charge is 0.323 e. The lowest BCUT2D eigenvalue weighted by Gasteiger charge is -2.38. The van der Waals surface area contributed by atoms with Crippen LogP contribution in [0, 0.1) is 0 Å². The van der Waals surface area contributed by atoms with E-state index in [-0.39, 0.29) is 25.1 Å². The molecular weight excluding hydrogens is 278 g/mol. The molecule has 0 aromatic rings. The molecule has 0 bridgehead atoms. The summed E-state index contributed by atoms with van der Waals surface area (Å²) in [6.45, 7) is 6.06. The summed E-state index contributed by atoms with van der Waals surface area (Å²) in [6, 6.07) is -1.44. The number of urea groups is 1. The number of carboxylic acid groups (broad SMARTS) is 1. The third-order valence-corrected chi connectivity index (χ3v) is 3.20. The second kappa shape index (κ2) is 7.82. The first-order valence-electron chi connectivity index (χ1n) is 7.03. The number of carboxylic acids is 1. The predicted octanol–water partition coefficient (Wildman–Crippen LogP) is -0.262. The highest BCUT2D eigenvalue weighted by atomic mass is 16.5. The van der Waals surface area contributed by atoms with Crippen LogP contribution in [0.4, 0.5) is 4.79 Å². The molecule has 120 valence electrons. The molecule has 1 fully saturated rings. The highest BCUT2D eigenvalue weighted by molar-refractivity contribution is 5.88. The molecule has 0 aliphatic carbocycles. The van der Waals surface area contributed by atoms with Gasteiger partial charge in [-0.15, -0.1) is 0 Å². The van der Waals surface area contributed by atoms with Crippen LogP contribution in [-0.4, -0.2) is 77.7 Å². The molecule has 1 unspecified atom stereocenters. The Labute approximate surface area is 124 Å². The van der Waals surface area contributed by atoms with Gasteiger partial charge in [0.1, 0.15) is 12.6 Å². The number of aliphatic carboxylic acids is 1. The number of amides is 3. The van der Waals surface area contributed by atoms with Gasteiger partial charge in [0.15, 0.2) is 0 Å². The molecule has 1 aliphatic rings. The molecule has 0 spiro atoms. The van der Waals surface area contributed by atoms with Gasteiger partial charge in [0.25, 0.3) is 0 Å². The van der Waals surface area contributed by atoms with Crippen molar-refractivity contribution in [3.05, 3.63) is 0 Å². The van der Waals surface area contributed by atoms with Crippen molar-refractivity contribution in [2.24, 2.45) is 0 Å². The molecular formula is C13H23N3O5. The van der Waals surface area contributed by atoms with Gasteiger partial charge in [-0.2, -0.15) is 0 Å². The van der Waals surface area contributed by atoms with Crippen molar-refractivity contribution >= 4 is 17.9 Å². The van der Waals surface area contributed by atoms with Crippen LogP contribution in [-0.2, 0) is 14.3 Å². The third-order valence-electron chi connectivity index (χ3n) is 3.20. The standard InChI is InChI=1S/C13H23N3O5/c1-4-14-12(19)10-8-21-6-5-15(10)13(20)16(9(2)3)7-11(17)18/h9-10H,4-8H2,1-3H3,(H,14,19)(H,17,18). The van der Waals surface area contributed by atoms with E-state index < -0.39 is 24.6 Å². The van der Waals surface area contributed by atoms with Crippen molar-refractivity contribution in [3.8, 4) is 0 Å². The van der Waals surface area contributed by atoms with Crippen molar-refractivity contribution in [1.29, 1.82) is 0 Å². The number of carbonyl (C=O) groups is 3. The zero-order valence-electron chi connectivity index (χ0n) is 12.7. The van der Waals surface area contributed by atoms with E-state index in [1.807, 2.05) is 0 Å². The fourth-order valence-electron chi connectivity index (χ4n) is 2.12. The maximum atomic E-state index is 12.5. The number of morpholine rings is 1. The molecule has 1 atom stereocenters. The Morgan fingerprint density at radius 3 is 2.62 bits per heavy atom. The van der Waals surface area contributed by atoms with Crippen LogP contribution in [0.2, 0.25) is 0 Å². The van der Waals surface area contributed by atoms with Gasteiger partial charge in [0.05, 0.1) is 13.2 Å². The van der Waals surface area contributed by atoms with Gasteiger partial charge in [-0.05, 0) is 20.8 Å². The van der Waals surface area contributed by atoms with Crippen LogP contribution in [0.25, 0.3) is 0 Å². The SMILES string of the molecule is CCNC(=O)C1COCCN1C(=O)N(CC(=O)O)C(C)C. The van der Waals surface area contributed by atoms with Gasteiger partial charge in [0.2, 0.25) is 5.91 Å². The van der Waals surface area contributed by atoms with Gasteiger partial charge < -0.3 is 25.0 Å². The summed E-state index contributed by atoms with van der Waals surface area (Å²) >= 11 is 0. The summed E-state index contributed by atoms with van der Waals surface area (Å²) in [5, 5.41) is 11.6. The number of rotatable bonds is 5. The van der Waals surface area contributed by atoms with E-state index in [2.05, 4.69) is 5.32 Å². The first kappa shape index (κ1) is 17.2. The average molecular weight is 301 g/mol. The number of nitrogens with one attached hydrogen (secondary N) is 1. The van der Waals surface area contributed by atoms with Gasteiger partial charge in [0, 0.05) is 19.1 Å². The lowest BCUT2D eigenvalue weighted by atomic mass is 10.2. The van der Waals surface area contributed by atoms with E-state index in [0.29, 0.717) is 13.2 Å². The third kappa shape index (κ3) is 4.59. The minimum atomic E-state index is -1.08. The maximum Gasteiger partial charge on any atom is 0.323 e. The number of nitrogens with zero attached hydrogens (tertiary/aromatic N) is 2. The molecule has 21 heavy (non-hydrogen) atoms. The molecule has 0 saturated carbocycles. The van der Waals surface area contributed by atoms with E-state index >= 15 is 0 Å². The number of likely N-dealkylation sites (N-methyl/N-ethyl adjacent to an activating group) is 1. The molecule has 8 nitrogen and oxygen atoms in total. The molecule has 1 rings (SSSR count). The van der Waals surface area contributed by atoms with Gasteiger partial charge in [-0.3, -0.25) is 9.59 Å². The predicted molar refractivity (Wildman–Crippen MR) is 74.9 cm³/mol. The summed E-state index contributed by atoms with van der Waals surface area (Å²) in [5.74, 6) is -1.37. The zero-order valence-corrected chi connectivity index (χ0v) is 12.7. The van der Waals surface area contributed by atoms with Crippen LogP contribution in [0.5, 0.6) is 0 Å². The van der Waals surface area contributed by atoms with E-state index in [4.69, 9.17) is 9.84 Å². The van der Waals surface area contributed by atoms with Crippen molar-refractivity contribution in [1.82, 2.24) is 15.1 Å². The molecule has 2 N–H and O–H groups in total. The van der Waals surface area contributed by atoms with Gasteiger partial charge in [-0.25, -0.2) is 4.79 Å². The summed E-state index contributed by atoms with van der Waals surface area (Å²) in [7, 11) is 0. The number of hydrogen-bond donors (Lipinski definition) is 2. The molecule has 0 radical (unpaired) electrons. The molecule has 8 heteroatoms. The monoisotopic (exact) mass is 301 g/mol. The zero-order chi connectivity index (χ0) is 16.0. The second-order valence-corrected chi connectivity index (χ2v) is 5.08. The Kier molecular flexibility index (Phi) is 6.41. The van der Waals surface area contributed by atoms with Crippen LogP contribution in [0.3, 0.4) is 0 Å². The quantitative estimate of drug-likeness (QED) is 0.729. The van der Waals surface area contributed by atoms with E-state index in [1.54, 1.807) is 20.8 Å². The van der Waals surface area contributed by atoms with E-state index in [9.17, 15) is 14.4 Å². The molecule has 0 aromatic carbocycles.